The van der Waals surface area contributed by atoms with Gasteiger partial charge in [0.2, 0.25) is 0 Å². The summed E-state index contributed by atoms with van der Waals surface area (Å²) in [5.74, 6) is -0.350. The van der Waals surface area contributed by atoms with Gasteiger partial charge < -0.3 is 10.4 Å². The van der Waals surface area contributed by atoms with E-state index in [9.17, 15) is 9.90 Å². The van der Waals surface area contributed by atoms with Crippen LogP contribution < -0.4 is 5.32 Å². The molecule has 2 fully saturated rings. The highest BCUT2D eigenvalue weighted by atomic mass is 16.4. The summed E-state index contributed by atoms with van der Waals surface area (Å²) in [5, 5.41) is 12.7. The van der Waals surface area contributed by atoms with E-state index in [2.05, 4.69) is 17.1 Å². The Kier molecular flexibility index (Phi) is 4.28. The summed E-state index contributed by atoms with van der Waals surface area (Å²) in [7, 11) is 1.80. The molecule has 4 heteroatoms. The molecule has 4 nitrogen and oxygen atoms in total. The van der Waals surface area contributed by atoms with Crippen molar-refractivity contribution in [3.8, 4) is 0 Å². The normalized spacial score (nSPS) is 23.1. The number of likely N-dealkylation sites (N-methyl/N-ethyl adjacent to an activating group) is 1. The van der Waals surface area contributed by atoms with Crippen LogP contribution in [0.25, 0.3) is 0 Å². The molecule has 0 heterocycles. The van der Waals surface area contributed by atoms with Crippen LogP contribution in [-0.4, -0.2) is 47.7 Å². The summed E-state index contributed by atoms with van der Waals surface area (Å²) < 4.78 is 0. The minimum atomic E-state index is -0.712. The third-order valence-electron chi connectivity index (χ3n) is 4.42. The lowest BCUT2D eigenvalue weighted by Gasteiger charge is -2.35. The molecule has 2 saturated carbocycles. The molecule has 2 N–H and O–H groups in total. The maximum Gasteiger partial charge on any atom is 0.325 e. The van der Waals surface area contributed by atoms with E-state index in [4.69, 9.17) is 0 Å². The Morgan fingerprint density at radius 3 is 2.44 bits per heavy atom. The molecule has 0 aliphatic heterocycles. The number of unbranched alkanes of at least 4 members (excludes halogenated alkanes) is 1. The average molecular weight is 254 g/mol. The van der Waals surface area contributed by atoms with Crippen LogP contribution in [0.5, 0.6) is 0 Å². The standard InChI is InChI=1S/C14H26N2O2/c1-3-4-9-16(12-7-8-12)10-14(15-2,13(17)18)11-5-6-11/h11-12,15H,3-10H2,1-2H3,(H,17,18). The molecule has 0 amide bonds. The maximum absolute atomic E-state index is 11.7. The predicted octanol–water partition coefficient (Wildman–Crippen LogP) is 1.70. The molecule has 104 valence electrons. The summed E-state index contributed by atoms with van der Waals surface area (Å²) in [5.41, 5.74) is -0.712. The number of nitrogens with zero attached hydrogens (tertiary/aromatic N) is 1. The lowest BCUT2D eigenvalue weighted by atomic mass is 9.92. The third-order valence-corrected chi connectivity index (χ3v) is 4.42. The SMILES string of the molecule is CCCCN(CC(NC)(C(=O)O)C1CC1)C1CC1. The second-order valence-corrected chi connectivity index (χ2v) is 5.86. The number of carboxylic acids is 1. The van der Waals surface area contributed by atoms with Crippen LogP contribution in [0.1, 0.15) is 45.4 Å². The smallest absolute Gasteiger partial charge is 0.325 e. The summed E-state index contributed by atoms with van der Waals surface area (Å²) >= 11 is 0. The minimum Gasteiger partial charge on any atom is -0.480 e. The monoisotopic (exact) mass is 254 g/mol. The summed E-state index contributed by atoms with van der Waals surface area (Å²) in [6, 6.07) is 0.641. The van der Waals surface area contributed by atoms with Crippen LogP contribution in [0.2, 0.25) is 0 Å². The molecule has 0 saturated heterocycles. The Morgan fingerprint density at radius 2 is 2.06 bits per heavy atom. The molecule has 0 aromatic rings. The highest BCUT2D eigenvalue weighted by Gasteiger charge is 2.52. The fourth-order valence-corrected chi connectivity index (χ4v) is 2.85. The molecule has 2 aliphatic rings. The molecule has 1 atom stereocenters. The van der Waals surface area contributed by atoms with Crippen molar-refractivity contribution in [2.75, 3.05) is 20.1 Å². The molecule has 2 rings (SSSR count). The largest absolute Gasteiger partial charge is 0.480 e. The second-order valence-electron chi connectivity index (χ2n) is 5.86. The fraction of sp³-hybridized carbons (Fsp3) is 0.929. The Morgan fingerprint density at radius 1 is 1.39 bits per heavy atom. The van der Waals surface area contributed by atoms with Crippen LogP contribution in [0.3, 0.4) is 0 Å². The van der Waals surface area contributed by atoms with Gasteiger partial charge in [-0.25, -0.2) is 0 Å². The topological polar surface area (TPSA) is 52.6 Å². The summed E-state index contributed by atoms with van der Waals surface area (Å²) in [6.45, 7) is 3.91. The van der Waals surface area contributed by atoms with Crippen LogP contribution in [0, 0.1) is 5.92 Å². The quantitative estimate of drug-likeness (QED) is 0.657. The predicted molar refractivity (Wildman–Crippen MR) is 71.7 cm³/mol. The Bertz CT molecular complexity index is 300. The first-order valence-electron chi connectivity index (χ1n) is 7.30. The summed E-state index contributed by atoms with van der Waals surface area (Å²) in [6.07, 6.45) is 6.94. The molecule has 0 aromatic heterocycles. The number of aliphatic carboxylic acids is 1. The average Bonchev–Trinajstić information content (AvgIpc) is 3.18. The molecule has 1 unspecified atom stereocenters. The zero-order valence-electron chi connectivity index (χ0n) is 11.6. The number of rotatable bonds is 9. The number of nitrogens with one attached hydrogen (secondary N) is 1. The van der Waals surface area contributed by atoms with Crippen LogP contribution in [0.4, 0.5) is 0 Å². The Balaban J connectivity index is 2.03. The molecule has 18 heavy (non-hydrogen) atoms. The molecule has 0 spiro atoms. The van der Waals surface area contributed by atoms with Crippen molar-refractivity contribution < 1.29 is 9.90 Å². The van der Waals surface area contributed by atoms with Gasteiger partial charge >= 0.3 is 5.97 Å². The van der Waals surface area contributed by atoms with Crippen LogP contribution in [0.15, 0.2) is 0 Å². The minimum absolute atomic E-state index is 0.322. The van der Waals surface area contributed by atoms with Gasteiger partial charge in [-0.15, -0.1) is 0 Å². The van der Waals surface area contributed by atoms with Gasteiger partial charge in [0.05, 0.1) is 0 Å². The van der Waals surface area contributed by atoms with Gasteiger partial charge in [-0.3, -0.25) is 9.69 Å². The fourth-order valence-electron chi connectivity index (χ4n) is 2.85. The van der Waals surface area contributed by atoms with Crippen LogP contribution >= 0.6 is 0 Å². The molecular formula is C14H26N2O2. The maximum atomic E-state index is 11.7. The Labute approximate surface area is 110 Å². The van der Waals surface area contributed by atoms with E-state index in [1.54, 1.807) is 7.05 Å². The lowest BCUT2D eigenvalue weighted by Crippen LogP contribution is -2.60. The highest BCUT2D eigenvalue weighted by molar-refractivity contribution is 5.80. The van der Waals surface area contributed by atoms with E-state index in [-0.39, 0.29) is 0 Å². The van der Waals surface area contributed by atoms with E-state index >= 15 is 0 Å². The number of hydrogen-bond acceptors (Lipinski definition) is 3. The van der Waals surface area contributed by atoms with Crippen molar-refractivity contribution in [1.29, 1.82) is 0 Å². The zero-order chi connectivity index (χ0) is 13.2. The van der Waals surface area contributed by atoms with Crippen molar-refractivity contribution in [2.24, 2.45) is 5.92 Å². The molecule has 2 aliphatic carbocycles. The van der Waals surface area contributed by atoms with Crippen molar-refractivity contribution in [2.45, 2.75) is 57.0 Å². The Hall–Kier alpha value is -0.610. The first-order valence-corrected chi connectivity index (χ1v) is 7.30. The lowest BCUT2D eigenvalue weighted by molar-refractivity contribution is -0.146. The molecular weight excluding hydrogens is 228 g/mol. The van der Waals surface area contributed by atoms with Crippen LogP contribution in [-0.2, 0) is 4.79 Å². The van der Waals surface area contributed by atoms with Gasteiger partial charge in [0.1, 0.15) is 5.54 Å². The van der Waals surface area contributed by atoms with Crippen molar-refractivity contribution in [3.05, 3.63) is 0 Å². The molecule has 0 aromatic carbocycles. The van der Waals surface area contributed by atoms with Crippen molar-refractivity contribution in [3.63, 3.8) is 0 Å². The second kappa shape index (κ2) is 5.57. The zero-order valence-corrected chi connectivity index (χ0v) is 11.6. The molecule has 0 radical (unpaired) electrons. The first kappa shape index (κ1) is 13.8. The van der Waals surface area contributed by atoms with E-state index in [1.165, 1.54) is 25.7 Å². The van der Waals surface area contributed by atoms with E-state index in [0.717, 1.165) is 19.4 Å². The van der Waals surface area contributed by atoms with Gasteiger partial charge in [0.15, 0.2) is 0 Å². The van der Waals surface area contributed by atoms with E-state index < -0.39 is 11.5 Å². The van der Waals surface area contributed by atoms with Gasteiger partial charge in [0.25, 0.3) is 0 Å². The van der Waals surface area contributed by atoms with Crippen molar-refractivity contribution >= 4 is 5.97 Å². The summed E-state index contributed by atoms with van der Waals surface area (Å²) in [4.78, 5) is 14.1. The number of hydrogen-bond donors (Lipinski definition) is 2. The van der Waals surface area contributed by atoms with Gasteiger partial charge in [-0.2, -0.15) is 0 Å². The van der Waals surface area contributed by atoms with Gasteiger partial charge in [0, 0.05) is 12.6 Å². The van der Waals surface area contributed by atoms with E-state index in [0.29, 0.717) is 18.5 Å². The number of carboxylic acid groups (broad SMARTS) is 1. The number of carbonyl (C=O) groups is 1. The highest BCUT2D eigenvalue weighted by Crippen LogP contribution is 2.41. The van der Waals surface area contributed by atoms with Crippen molar-refractivity contribution in [1.82, 2.24) is 10.2 Å². The van der Waals surface area contributed by atoms with Gasteiger partial charge in [-0.05, 0) is 51.6 Å². The first-order chi connectivity index (χ1) is 8.64. The van der Waals surface area contributed by atoms with E-state index in [1.807, 2.05) is 0 Å². The van der Waals surface area contributed by atoms with Gasteiger partial charge in [-0.1, -0.05) is 13.3 Å². The third kappa shape index (κ3) is 2.86. The molecule has 0 bridgehead atoms.